The Morgan fingerprint density at radius 3 is 2.21 bits per heavy atom. The first-order valence-corrected chi connectivity index (χ1v) is 8.00. The molecule has 1 heterocycles. The van der Waals surface area contributed by atoms with E-state index in [0.29, 0.717) is 0 Å². The van der Waals surface area contributed by atoms with Crippen LogP contribution in [0.5, 0.6) is 0 Å². The summed E-state index contributed by atoms with van der Waals surface area (Å²) in [7, 11) is 0. The molecule has 0 saturated heterocycles. The molecule has 2 nitrogen and oxygen atoms in total. The number of anilines is 1. The van der Waals surface area contributed by atoms with Crippen LogP contribution in [0.3, 0.4) is 0 Å². The number of benzene rings is 2. The van der Waals surface area contributed by atoms with Crippen molar-refractivity contribution >= 4 is 19.2 Å². The molecule has 0 bridgehead atoms. The summed E-state index contributed by atoms with van der Waals surface area (Å²) < 4.78 is 0.760. The minimum absolute atomic E-state index is 0.234. The normalized spacial score (nSPS) is 10.5. The van der Waals surface area contributed by atoms with Crippen LogP contribution in [0, 0.1) is 0 Å². The van der Waals surface area contributed by atoms with Crippen LogP contribution in [-0.4, -0.2) is 19.5 Å². The summed E-state index contributed by atoms with van der Waals surface area (Å²) in [5.74, 6) is 0. The third-order valence-electron chi connectivity index (χ3n) is 3.02. The van der Waals surface area contributed by atoms with E-state index in [0.717, 1.165) is 22.4 Å². The summed E-state index contributed by atoms with van der Waals surface area (Å²) in [6, 6.07) is 19.1. The molecule has 3 heteroatoms. The van der Waals surface area contributed by atoms with Crippen molar-refractivity contribution in [3.05, 3.63) is 70.7 Å². The van der Waals surface area contributed by atoms with Gasteiger partial charge in [-0.15, -0.1) is 0 Å². The van der Waals surface area contributed by atoms with Crippen LogP contribution in [0.2, 0.25) is 0 Å². The third kappa shape index (κ3) is 2.95. The first-order chi connectivity index (χ1) is 9.31. The zero-order valence-corrected chi connectivity index (χ0v) is 12.1. The third-order valence-corrected chi connectivity index (χ3v) is 4.44. The predicted molar refractivity (Wildman–Crippen MR) is 80.3 cm³/mol. The number of hydrogen-bond donors (Lipinski definition) is 1. The predicted octanol–water partition coefficient (Wildman–Crippen LogP) is 2.98. The Kier molecular flexibility index (Phi) is 3.49. The molecular weight excluding hydrogens is 299 g/mol. The van der Waals surface area contributed by atoms with E-state index in [4.69, 9.17) is 5.73 Å². The van der Waals surface area contributed by atoms with Crippen molar-refractivity contribution in [3.63, 3.8) is 0 Å². The Morgan fingerprint density at radius 1 is 0.895 bits per heavy atom. The maximum absolute atomic E-state index is 5.72. The Labute approximate surface area is 118 Å². The fraction of sp³-hybridized carbons (Fsp3) is 0.0625. The van der Waals surface area contributed by atoms with Gasteiger partial charge < -0.3 is 0 Å². The van der Waals surface area contributed by atoms with Crippen LogP contribution < -0.4 is 5.73 Å². The van der Waals surface area contributed by atoms with Gasteiger partial charge in [0.15, 0.2) is 0 Å². The van der Waals surface area contributed by atoms with E-state index < -0.39 is 0 Å². The molecule has 0 amide bonds. The Hall–Kier alpha value is -1.83. The van der Waals surface area contributed by atoms with Gasteiger partial charge in [-0.1, -0.05) is 0 Å². The minimum atomic E-state index is 0.234. The molecule has 1 aromatic heterocycles. The van der Waals surface area contributed by atoms with Crippen LogP contribution >= 0.6 is 0 Å². The van der Waals surface area contributed by atoms with Crippen LogP contribution in [0.15, 0.2) is 59.5 Å². The molecule has 0 spiro atoms. The van der Waals surface area contributed by atoms with E-state index in [2.05, 4.69) is 58.5 Å². The second-order valence-electron chi connectivity index (χ2n) is 4.43. The second kappa shape index (κ2) is 5.43. The fourth-order valence-corrected chi connectivity index (χ4v) is 3.25. The standard InChI is InChI=1S/C16H14N2Se/c17-16-18-15(11-19-16)14-8-6-13(7-9-14)10-12-4-2-1-3-5-12/h1-9,11H,10H2,(H2,17,18). The summed E-state index contributed by atoms with van der Waals surface area (Å²) >= 11 is 0.234. The molecule has 2 N–H and O–H groups in total. The van der Waals surface area contributed by atoms with Gasteiger partial charge in [0.2, 0.25) is 0 Å². The van der Waals surface area contributed by atoms with E-state index in [1.165, 1.54) is 11.1 Å². The number of nitrogens with zero attached hydrogens (tertiary/aromatic N) is 1. The molecule has 0 atom stereocenters. The second-order valence-corrected chi connectivity index (χ2v) is 6.30. The van der Waals surface area contributed by atoms with Crippen molar-refractivity contribution in [3.8, 4) is 11.3 Å². The van der Waals surface area contributed by atoms with Gasteiger partial charge in [-0.3, -0.25) is 0 Å². The van der Waals surface area contributed by atoms with E-state index in [-0.39, 0.29) is 14.5 Å². The summed E-state index contributed by atoms with van der Waals surface area (Å²) in [5, 5.41) is 0. The van der Waals surface area contributed by atoms with Crippen LogP contribution in [0.4, 0.5) is 4.69 Å². The first kappa shape index (κ1) is 12.2. The van der Waals surface area contributed by atoms with Gasteiger partial charge in [0.05, 0.1) is 0 Å². The number of hydrogen-bond acceptors (Lipinski definition) is 2. The molecule has 3 rings (SSSR count). The number of nitrogens with two attached hydrogens (primary N) is 1. The quantitative estimate of drug-likeness (QED) is 0.755. The summed E-state index contributed by atoms with van der Waals surface area (Å²) in [5.41, 5.74) is 10.5. The van der Waals surface area contributed by atoms with E-state index in [9.17, 15) is 0 Å². The summed E-state index contributed by atoms with van der Waals surface area (Å²) in [6.45, 7) is 0. The molecule has 19 heavy (non-hydrogen) atoms. The van der Waals surface area contributed by atoms with Crippen molar-refractivity contribution in [1.29, 1.82) is 0 Å². The van der Waals surface area contributed by atoms with E-state index in [1.807, 2.05) is 6.07 Å². The molecule has 0 aliphatic heterocycles. The number of rotatable bonds is 3. The Balaban J connectivity index is 1.79. The maximum atomic E-state index is 5.72. The fourth-order valence-electron chi connectivity index (χ4n) is 2.05. The summed E-state index contributed by atoms with van der Waals surface area (Å²) in [4.78, 5) is 6.49. The van der Waals surface area contributed by atoms with Gasteiger partial charge in [-0.25, -0.2) is 0 Å². The van der Waals surface area contributed by atoms with Crippen molar-refractivity contribution in [1.82, 2.24) is 4.98 Å². The van der Waals surface area contributed by atoms with Crippen molar-refractivity contribution in [2.45, 2.75) is 6.42 Å². The molecule has 0 fully saturated rings. The average molecular weight is 313 g/mol. The van der Waals surface area contributed by atoms with Gasteiger partial charge in [0.1, 0.15) is 0 Å². The van der Waals surface area contributed by atoms with Gasteiger partial charge in [0, 0.05) is 0 Å². The zero-order chi connectivity index (χ0) is 13.1. The number of nitrogen functional groups attached to an aromatic ring is 1. The van der Waals surface area contributed by atoms with Crippen LogP contribution in [-0.2, 0) is 6.42 Å². The molecule has 0 unspecified atom stereocenters. The molecule has 94 valence electrons. The number of aromatic nitrogens is 1. The summed E-state index contributed by atoms with van der Waals surface area (Å²) in [6.07, 6.45) is 0.968. The van der Waals surface area contributed by atoms with Gasteiger partial charge in [-0.05, 0) is 0 Å². The average Bonchev–Trinajstić information content (AvgIpc) is 2.87. The topological polar surface area (TPSA) is 38.9 Å². The van der Waals surface area contributed by atoms with Gasteiger partial charge in [0.25, 0.3) is 0 Å². The SMILES string of the molecule is Nc1nc(-c2ccc(Cc3ccccc3)cc2)c[se]1. The zero-order valence-electron chi connectivity index (χ0n) is 10.4. The molecule has 0 radical (unpaired) electrons. The monoisotopic (exact) mass is 314 g/mol. The van der Waals surface area contributed by atoms with Gasteiger partial charge in [-0.2, -0.15) is 0 Å². The molecule has 2 aromatic carbocycles. The first-order valence-electron chi connectivity index (χ1n) is 6.15. The Bertz CT molecular complexity index is 657. The van der Waals surface area contributed by atoms with Crippen LogP contribution in [0.25, 0.3) is 11.3 Å². The van der Waals surface area contributed by atoms with E-state index >= 15 is 0 Å². The Morgan fingerprint density at radius 2 is 1.58 bits per heavy atom. The molecule has 0 saturated carbocycles. The van der Waals surface area contributed by atoms with Crippen LogP contribution in [0.1, 0.15) is 11.1 Å². The molecule has 3 aromatic rings. The van der Waals surface area contributed by atoms with Crippen molar-refractivity contribution in [2.24, 2.45) is 0 Å². The van der Waals surface area contributed by atoms with Gasteiger partial charge >= 0.3 is 118 Å². The van der Waals surface area contributed by atoms with Crippen molar-refractivity contribution in [2.75, 3.05) is 5.73 Å². The molecule has 0 aliphatic carbocycles. The molecular formula is C16H14N2Se. The molecule has 0 aliphatic rings. The van der Waals surface area contributed by atoms with Crippen molar-refractivity contribution < 1.29 is 0 Å². The van der Waals surface area contributed by atoms with E-state index in [1.54, 1.807) is 0 Å².